The van der Waals surface area contributed by atoms with Gasteiger partial charge in [0.2, 0.25) is 0 Å². The van der Waals surface area contributed by atoms with Crippen molar-refractivity contribution in [2.75, 3.05) is 0 Å². The fourth-order valence-corrected chi connectivity index (χ4v) is 11.8. The van der Waals surface area contributed by atoms with Crippen LogP contribution in [0.1, 0.15) is 68.3 Å². The van der Waals surface area contributed by atoms with Crippen LogP contribution in [0.15, 0.2) is 318 Å². The molecule has 144 heavy (non-hydrogen) atoms. The van der Waals surface area contributed by atoms with Gasteiger partial charge in [-0.1, -0.05) is 48.5 Å². The Morgan fingerprint density at radius 3 is 0.444 bits per heavy atom. The Morgan fingerprint density at radius 1 is 0.194 bits per heavy atom. The van der Waals surface area contributed by atoms with Crippen LogP contribution in [0.25, 0.3) is 90.9 Å². The van der Waals surface area contributed by atoms with E-state index in [9.17, 15) is 0 Å². The number of hydrogen-bond acceptors (Lipinski definition) is 42. The molecule has 0 saturated carbocycles. The largest absolute Gasteiger partial charge is 2.00 e. The van der Waals surface area contributed by atoms with Crippen molar-refractivity contribution in [2.45, 2.75) is 52.4 Å². The van der Waals surface area contributed by atoms with E-state index >= 15 is 0 Å². The molecule has 15 aromatic heterocycles. The first-order valence-corrected chi connectivity index (χ1v) is 39.8. The van der Waals surface area contributed by atoms with Gasteiger partial charge in [0.25, 0.3) is 0 Å². The molecule has 0 atom stereocenters. The monoisotopic (exact) mass is 2690 g/mol. The zero-order valence-corrected chi connectivity index (χ0v) is 83.0. The van der Waals surface area contributed by atoms with Crippen LogP contribution in [0.4, 0.5) is 0 Å². The van der Waals surface area contributed by atoms with E-state index in [4.69, 9.17) is 133 Å². The van der Waals surface area contributed by atoms with Crippen molar-refractivity contribution in [3.8, 4) is 44.5 Å². The van der Waals surface area contributed by atoms with Gasteiger partial charge in [-0.2, -0.15) is 0 Å². The van der Waals surface area contributed by atoms with E-state index in [-0.39, 0.29) is 84.3 Å². The van der Waals surface area contributed by atoms with Gasteiger partial charge in [-0.15, -0.1) is 0 Å². The number of nitrogens with zero attached hydrogens (tertiary/aromatic N) is 22. The van der Waals surface area contributed by atoms with E-state index in [1.54, 1.807) is 49.6 Å². The topological polar surface area (TPSA) is 790 Å². The summed E-state index contributed by atoms with van der Waals surface area (Å²) in [6.45, 7) is 6.20. The van der Waals surface area contributed by atoms with Crippen LogP contribution in [0.5, 0.6) is 0 Å². The molecule has 0 aliphatic carbocycles. The molecule has 0 amide bonds. The third kappa shape index (κ3) is 54.7. The predicted octanol–water partition coefficient (Wildman–Crippen LogP) is 14.0. The average Bonchev–Trinajstić information content (AvgIpc) is 1.61. The van der Waals surface area contributed by atoms with Crippen LogP contribution < -0.4 is 21.3 Å². The van der Waals surface area contributed by atoms with Gasteiger partial charge in [-0.25, -0.2) is 9.97 Å². The molecular formula is C88H78N28O24Pt4. The molecule has 15 aromatic rings. The minimum Gasteiger partial charge on any atom is -0.356 e. The zero-order valence-electron chi connectivity index (χ0n) is 73.9. The van der Waals surface area contributed by atoms with Gasteiger partial charge in [0, 0.05) is 196 Å². The van der Waals surface area contributed by atoms with Gasteiger partial charge in [-0.3, -0.25) is 59.8 Å². The number of H-pyrrole nitrogens is 2. The van der Waals surface area contributed by atoms with Crippen LogP contribution in [-0.4, -0.2) is 120 Å². The second-order valence-electron chi connectivity index (χ2n) is 26.2. The van der Waals surface area contributed by atoms with Gasteiger partial charge < -0.3 is 154 Å². The first kappa shape index (κ1) is 125. The van der Waals surface area contributed by atoms with Gasteiger partial charge >= 0.3 is 84.3 Å². The Balaban J connectivity index is 0.000000901. The van der Waals surface area contributed by atoms with Crippen molar-refractivity contribution < 1.29 is 125 Å². The first-order chi connectivity index (χ1) is 67.5. The molecule has 0 fully saturated rings. The minimum absolute atomic E-state index is 0. The summed E-state index contributed by atoms with van der Waals surface area (Å²) in [5, 5.41) is 131. The van der Waals surface area contributed by atoms with Crippen molar-refractivity contribution in [1.82, 2.24) is 101 Å². The quantitative estimate of drug-likeness (QED) is 0.0305. The number of nitrogens with one attached hydrogen (secondary N) is 6. The molecule has 56 heteroatoms. The third-order valence-corrected chi connectivity index (χ3v) is 16.9. The standard InChI is InChI=1S/C40H26N8.4C12H13N3.8NO3.4Pt/c1-2-30-38(26-11-19-42-20-12-26)32-5-6-34(47-32)40(28-15-23-44-24-16-28)36-8-7-35(48-36)39(27-13-21-43-22-14-27)33-4-3-31(46-33)37(29(1)45-30)25-9-17-41-18-10-25;4*1-3-7-14-11(5-1)9-13-10-12-6-2-4-8-15-12;8*2-1(3)4;;;;/h1-24,45,48H;4*1-8,13H,9-10H2;;;;;;;;;;;;/q;;;;;8*-1;4*+2. The molecule has 8 bridgehead atoms. The van der Waals surface area contributed by atoms with Gasteiger partial charge in [-0.05, 0) is 216 Å². The molecule has 0 aromatic carbocycles. The van der Waals surface area contributed by atoms with E-state index in [1.807, 2.05) is 244 Å². The van der Waals surface area contributed by atoms with Crippen LogP contribution >= 0.6 is 0 Å². The Bertz CT molecular complexity index is 5460. The van der Waals surface area contributed by atoms with E-state index in [2.05, 4.69) is 140 Å². The van der Waals surface area contributed by atoms with Gasteiger partial charge in [0.15, 0.2) is 0 Å². The molecule has 52 nitrogen and oxygen atoms in total. The SMILES string of the molecule is C1=Cc2nc1c(-c1ccncc1)c1ccc([nH]1)c(-c1ccncc1)c1nc(c(-c3ccncc3)c3ccc([nH]3)c2-c2ccncc2)C=C1.O=[N+]([O-])[O-].O=[N+]([O-])[O-].O=[N+]([O-])[O-].O=[N+]([O-])[O-].O=[N+]([O-])[O-].O=[N+]([O-])[O-].O=[N+]([O-])[O-].O=[N+]([O-])[O-].[Pt+2].[Pt+2].[Pt+2].[Pt+2].c1ccc(CNCc2ccccn2)nc1.c1ccc(CNCc2ccccn2)nc1.c1ccc(CNCc2ccccn2)nc1.c1ccc(CNCc2ccccn2)nc1. The number of hydrogen-bond donors (Lipinski definition) is 6. The van der Waals surface area contributed by atoms with E-state index in [0.717, 1.165) is 187 Å². The second kappa shape index (κ2) is 73.7. The summed E-state index contributed by atoms with van der Waals surface area (Å²) >= 11 is 0. The summed E-state index contributed by atoms with van der Waals surface area (Å²) in [6, 6.07) is 71.9. The molecule has 17 rings (SSSR count). The summed E-state index contributed by atoms with van der Waals surface area (Å²) in [4.78, 5) is 135. The van der Waals surface area contributed by atoms with E-state index in [1.165, 1.54) is 0 Å². The van der Waals surface area contributed by atoms with Crippen LogP contribution in [0.3, 0.4) is 0 Å². The molecule has 2 aliphatic heterocycles. The third-order valence-electron chi connectivity index (χ3n) is 16.9. The Morgan fingerprint density at radius 2 is 0.326 bits per heavy atom. The first-order valence-electron chi connectivity index (χ1n) is 39.8. The molecule has 2 aliphatic rings. The predicted molar refractivity (Wildman–Crippen MR) is 511 cm³/mol. The van der Waals surface area contributed by atoms with Crippen LogP contribution in [-0.2, 0) is 137 Å². The van der Waals surface area contributed by atoms with Crippen molar-refractivity contribution >= 4 is 46.4 Å². The van der Waals surface area contributed by atoms with E-state index in [0.29, 0.717) is 0 Å². The maximum Gasteiger partial charge on any atom is 2.00 e. The maximum atomic E-state index is 8.25. The molecule has 754 valence electrons. The van der Waals surface area contributed by atoms with Crippen molar-refractivity contribution in [3.63, 3.8) is 0 Å². The van der Waals surface area contributed by atoms with Crippen LogP contribution in [0.2, 0.25) is 0 Å². The Labute approximate surface area is 871 Å². The molecule has 0 spiro atoms. The van der Waals surface area contributed by atoms with Gasteiger partial charge in [0.05, 0.1) is 109 Å². The number of aromatic nitrogens is 16. The maximum absolute atomic E-state index is 8.25. The summed E-state index contributed by atoms with van der Waals surface area (Å²) in [6.07, 6.45) is 37.2. The molecule has 0 saturated heterocycles. The molecule has 0 radical (unpaired) electrons. The van der Waals surface area contributed by atoms with E-state index < -0.39 is 40.7 Å². The molecule has 6 N–H and O–H groups in total. The molecule has 17 heterocycles. The molecule has 0 unspecified atom stereocenters. The van der Waals surface area contributed by atoms with Crippen LogP contribution in [0, 0.1) is 123 Å². The zero-order chi connectivity index (χ0) is 102. The fraction of sp³-hybridized carbons (Fsp3) is 0.0909. The summed E-state index contributed by atoms with van der Waals surface area (Å²) in [5.74, 6) is 0. The number of rotatable bonds is 20. The minimum atomic E-state index is -1.75. The second-order valence-corrected chi connectivity index (χ2v) is 26.2. The average molecular weight is 2690 g/mol. The molecular weight excluding hydrogens is 2610 g/mol. The normalized spacial score (nSPS) is 9.56. The van der Waals surface area contributed by atoms with Gasteiger partial charge in [0.1, 0.15) is 0 Å². The number of fused-ring (bicyclic) bond motifs is 8. The van der Waals surface area contributed by atoms with Crippen molar-refractivity contribution in [2.24, 2.45) is 0 Å². The summed E-state index contributed by atoms with van der Waals surface area (Å²) < 4.78 is 0. The summed E-state index contributed by atoms with van der Waals surface area (Å²) in [7, 11) is 0. The summed E-state index contributed by atoms with van der Waals surface area (Å²) in [5.41, 5.74) is 23.4. The Kier molecular flexibility index (Phi) is 63.8. The number of pyridine rings is 12. The number of aromatic amines is 2. The Hall–Kier alpha value is -17.4. The fourth-order valence-electron chi connectivity index (χ4n) is 11.8. The smallest absolute Gasteiger partial charge is 0.356 e. The van der Waals surface area contributed by atoms with Crippen molar-refractivity contribution in [1.29, 1.82) is 0 Å². The van der Waals surface area contributed by atoms with Crippen molar-refractivity contribution in [3.05, 3.63) is 508 Å².